The molecule has 25 heavy (non-hydrogen) atoms. The van der Waals surface area contributed by atoms with E-state index < -0.39 is 0 Å². The zero-order chi connectivity index (χ0) is 17.6. The third kappa shape index (κ3) is 4.52. The first-order chi connectivity index (χ1) is 12.2. The van der Waals surface area contributed by atoms with Gasteiger partial charge in [0.1, 0.15) is 0 Å². The zero-order valence-electron chi connectivity index (χ0n) is 15.2. The van der Waals surface area contributed by atoms with Gasteiger partial charge in [0, 0.05) is 50.7 Å². The molecule has 2 aliphatic rings. The molecule has 2 fully saturated rings. The van der Waals surface area contributed by atoms with E-state index in [-0.39, 0.29) is 5.92 Å². The van der Waals surface area contributed by atoms with E-state index in [4.69, 9.17) is 5.26 Å². The highest BCUT2D eigenvalue weighted by molar-refractivity contribution is 5.79. The summed E-state index contributed by atoms with van der Waals surface area (Å²) in [7, 11) is 0. The summed E-state index contributed by atoms with van der Waals surface area (Å²) in [6.45, 7) is 8.32. The lowest BCUT2D eigenvalue weighted by atomic mass is 9.95. The van der Waals surface area contributed by atoms with Gasteiger partial charge in [-0.25, -0.2) is 0 Å². The summed E-state index contributed by atoms with van der Waals surface area (Å²) in [6.07, 6.45) is 2.45. The number of nitrogens with zero attached hydrogens (tertiary/aromatic N) is 4. The van der Waals surface area contributed by atoms with Crippen molar-refractivity contribution in [3.05, 3.63) is 29.8 Å². The summed E-state index contributed by atoms with van der Waals surface area (Å²) in [4.78, 5) is 19.5. The lowest BCUT2D eigenvalue weighted by Gasteiger charge is -2.39. The average molecular weight is 340 g/mol. The molecule has 134 valence electrons. The van der Waals surface area contributed by atoms with Gasteiger partial charge in [-0.3, -0.25) is 4.79 Å². The second-order valence-corrected chi connectivity index (χ2v) is 7.18. The molecule has 2 aliphatic heterocycles. The molecule has 0 spiro atoms. The first-order valence-electron chi connectivity index (χ1n) is 9.37. The number of benzene rings is 1. The minimum Gasteiger partial charge on any atom is -0.368 e. The molecule has 2 heterocycles. The molecular formula is C20H28N4O. The molecule has 0 radical (unpaired) electrons. The Morgan fingerprint density at radius 2 is 1.88 bits per heavy atom. The summed E-state index contributed by atoms with van der Waals surface area (Å²) in [5.41, 5.74) is 2.54. The molecule has 0 saturated carbocycles. The molecule has 2 saturated heterocycles. The number of amides is 1. The number of carbonyl (C=O) groups excluding carboxylic acids is 1. The van der Waals surface area contributed by atoms with Crippen LogP contribution in [0.15, 0.2) is 24.3 Å². The summed E-state index contributed by atoms with van der Waals surface area (Å²) in [5, 5.41) is 8.68. The van der Waals surface area contributed by atoms with E-state index in [0.717, 1.165) is 58.7 Å². The Bertz CT molecular complexity index is 623. The number of hydrogen-bond donors (Lipinski definition) is 0. The number of piperazine rings is 1. The van der Waals surface area contributed by atoms with Crippen molar-refractivity contribution in [2.45, 2.75) is 26.2 Å². The van der Waals surface area contributed by atoms with Crippen molar-refractivity contribution >= 4 is 11.6 Å². The Labute approximate surface area is 150 Å². The quantitative estimate of drug-likeness (QED) is 0.844. The number of nitriles is 1. The topological polar surface area (TPSA) is 50.6 Å². The summed E-state index contributed by atoms with van der Waals surface area (Å²) < 4.78 is 0. The van der Waals surface area contributed by atoms with E-state index in [9.17, 15) is 4.79 Å². The molecule has 0 bridgehead atoms. The second-order valence-electron chi connectivity index (χ2n) is 7.18. The lowest BCUT2D eigenvalue weighted by molar-refractivity contribution is -0.137. The largest absolute Gasteiger partial charge is 0.368 e. The third-order valence-electron chi connectivity index (χ3n) is 5.43. The molecule has 0 aromatic heterocycles. The van der Waals surface area contributed by atoms with Crippen LogP contribution in [0.25, 0.3) is 0 Å². The number of carbonyl (C=O) groups is 1. The van der Waals surface area contributed by atoms with Gasteiger partial charge >= 0.3 is 0 Å². The standard InChI is InChI=1S/C20H28N4O/c1-17-4-2-5-19(16-17)23-12-14-24(15-13-23)20(25)18-6-10-22(11-7-18)9-3-8-21/h2,4-5,16,18H,3,6-7,9-15H2,1H3. The van der Waals surface area contributed by atoms with Gasteiger partial charge in [0.25, 0.3) is 0 Å². The normalized spacial score (nSPS) is 19.7. The lowest BCUT2D eigenvalue weighted by Crippen LogP contribution is -2.51. The van der Waals surface area contributed by atoms with Crippen LogP contribution < -0.4 is 4.90 Å². The fourth-order valence-corrected chi connectivity index (χ4v) is 3.88. The first-order valence-corrected chi connectivity index (χ1v) is 9.37. The van der Waals surface area contributed by atoms with E-state index in [2.05, 4.69) is 52.0 Å². The highest BCUT2D eigenvalue weighted by Gasteiger charge is 2.30. The number of piperidine rings is 1. The van der Waals surface area contributed by atoms with Crippen LogP contribution in [0.4, 0.5) is 5.69 Å². The average Bonchev–Trinajstić information content (AvgIpc) is 2.66. The molecule has 3 rings (SSSR count). The van der Waals surface area contributed by atoms with Crippen LogP contribution in [0.3, 0.4) is 0 Å². The molecule has 0 aliphatic carbocycles. The maximum atomic E-state index is 12.8. The van der Waals surface area contributed by atoms with Crippen molar-refractivity contribution < 1.29 is 4.79 Å². The second kappa shape index (κ2) is 8.35. The zero-order valence-corrected chi connectivity index (χ0v) is 15.2. The van der Waals surface area contributed by atoms with Crippen LogP contribution in [0.5, 0.6) is 0 Å². The van der Waals surface area contributed by atoms with Crippen LogP contribution in [-0.2, 0) is 4.79 Å². The Morgan fingerprint density at radius 3 is 2.52 bits per heavy atom. The van der Waals surface area contributed by atoms with Gasteiger partial charge in [-0.15, -0.1) is 0 Å². The van der Waals surface area contributed by atoms with E-state index in [1.54, 1.807) is 0 Å². The van der Waals surface area contributed by atoms with Gasteiger partial charge in [0.05, 0.1) is 6.07 Å². The van der Waals surface area contributed by atoms with Gasteiger partial charge in [-0.05, 0) is 50.6 Å². The van der Waals surface area contributed by atoms with Crippen molar-refractivity contribution in [1.82, 2.24) is 9.80 Å². The van der Waals surface area contributed by atoms with Gasteiger partial charge in [0.2, 0.25) is 5.91 Å². The molecule has 1 aromatic rings. The van der Waals surface area contributed by atoms with Crippen molar-refractivity contribution in [1.29, 1.82) is 5.26 Å². The highest BCUT2D eigenvalue weighted by Crippen LogP contribution is 2.22. The summed E-state index contributed by atoms with van der Waals surface area (Å²) >= 11 is 0. The monoisotopic (exact) mass is 340 g/mol. The number of hydrogen-bond acceptors (Lipinski definition) is 4. The first kappa shape index (κ1) is 17.8. The molecule has 1 aromatic carbocycles. The number of aryl methyl sites for hydroxylation is 1. The van der Waals surface area contributed by atoms with Gasteiger partial charge in [-0.1, -0.05) is 12.1 Å². The third-order valence-corrected chi connectivity index (χ3v) is 5.43. The van der Waals surface area contributed by atoms with Crippen LogP contribution in [0.1, 0.15) is 24.8 Å². The fourth-order valence-electron chi connectivity index (χ4n) is 3.88. The van der Waals surface area contributed by atoms with E-state index >= 15 is 0 Å². The molecule has 5 nitrogen and oxygen atoms in total. The maximum absolute atomic E-state index is 12.8. The molecule has 0 atom stereocenters. The number of likely N-dealkylation sites (tertiary alicyclic amines) is 1. The van der Waals surface area contributed by atoms with E-state index in [1.807, 2.05) is 0 Å². The smallest absolute Gasteiger partial charge is 0.225 e. The number of rotatable bonds is 4. The van der Waals surface area contributed by atoms with Crippen LogP contribution >= 0.6 is 0 Å². The maximum Gasteiger partial charge on any atom is 0.225 e. The molecular weight excluding hydrogens is 312 g/mol. The summed E-state index contributed by atoms with van der Waals surface area (Å²) in [5.74, 6) is 0.507. The van der Waals surface area contributed by atoms with Gasteiger partial charge in [0.15, 0.2) is 0 Å². The Morgan fingerprint density at radius 1 is 1.16 bits per heavy atom. The van der Waals surface area contributed by atoms with Crippen LogP contribution in [-0.4, -0.2) is 61.5 Å². The van der Waals surface area contributed by atoms with Crippen LogP contribution in [0.2, 0.25) is 0 Å². The van der Waals surface area contributed by atoms with Gasteiger partial charge < -0.3 is 14.7 Å². The molecule has 5 heteroatoms. The van der Waals surface area contributed by atoms with Crippen molar-refractivity contribution in [3.8, 4) is 6.07 Å². The predicted molar refractivity (Wildman–Crippen MR) is 99.4 cm³/mol. The number of anilines is 1. The van der Waals surface area contributed by atoms with Crippen LogP contribution in [0, 0.1) is 24.2 Å². The fraction of sp³-hybridized carbons (Fsp3) is 0.600. The van der Waals surface area contributed by atoms with Crippen molar-refractivity contribution in [3.63, 3.8) is 0 Å². The minimum atomic E-state index is 0.170. The van der Waals surface area contributed by atoms with Crippen molar-refractivity contribution in [2.75, 3.05) is 50.7 Å². The molecule has 0 N–H and O–H groups in total. The Kier molecular flexibility index (Phi) is 5.93. The highest BCUT2D eigenvalue weighted by atomic mass is 16.2. The predicted octanol–water partition coefficient (Wildman–Crippen LogP) is 2.27. The van der Waals surface area contributed by atoms with E-state index in [0.29, 0.717) is 12.3 Å². The Balaban J connectivity index is 1.47. The van der Waals surface area contributed by atoms with E-state index in [1.165, 1.54) is 11.3 Å². The SMILES string of the molecule is Cc1cccc(N2CCN(C(=O)C3CCN(CCC#N)CC3)CC2)c1. The van der Waals surface area contributed by atoms with Crippen molar-refractivity contribution in [2.24, 2.45) is 5.92 Å². The Hall–Kier alpha value is -2.06. The molecule has 1 amide bonds. The minimum absolute atomic E-state index is 0.170. The molecule has 0 unspecified atom stereocenters. The summed E-state index contributed by atoms with van der Waals surface area (Å²) in [6, 6.07) is 10.8. The van der Waals surface area contributed by atoms with Gasteiger partial charge in [-0.2, -0.15) is 5.26 Å².